The smallest absolute Gasteiger partial charge is 0.320 e. The molecule has 1 aliphatic carbocycles. The number of anilines is 1. The first-order valence-corrected chi connectivity index (χ1v) is 5.70. The first-order chi connectivity index (χ1) is 8.20. The summed E-state index contributed by atoms with van der Waals surface area (Å²) in [6.07, 6.45) is 5.83. The van der Waals surface area contributed by atoms with Crippen LogP contribution < -0.4 is 10.6 Å². The average Bonchev–Trinajstić information content (AvgIpc) is 2.90. The molecule has 0 unspecified atom stereocenters. The molecule has 0 radical (unpaired) electrons. The fraction of sp³-hybridized carbons (Fsp3) is 0.545. The van der Waals surface area contributed by atoms with Crippen LogP contribution in [0.25, 0.3) is 0 Å². The molecule has 1 saturated carbocycles. The van der Waals surface area contributed by atoms with Gasteiger partial charge in [-0.2, -0.15) is 10.4 Å². The van der Waals surface area contributed by atoms with Gasteiger partial charge in [0.1, 0.15) is 17.5 Å². The Morgan fingerprint density at radius 2 is 2.29 bits per heavy atom. The predicted molar refractivity (Wildman–Crippen MR) is 62.3 cm³/mol. The van der Waals surface area contributed by atoms with Gasteiger partial charge in [0.05, 0.1) is 6.20 Å². The molecular formula is C11H15N5O. The lowest BCUT2D eigenvalue weighted by atomic mass is 10.2. The van der Waals surface area contributed by atoms with Crippen LogP contribution in [0, 0.1) is 11.3 Å². The van der Waals surface area contributed by atoms with Crippen LogP contribution in [0.4, 0.5) is 10.6 Å². The van der Waals surface area contributed by atoms with Gasteiger partial charge in [0.2, 0.25) is 0 Å². The number of hydrogen-bond donors (Lipinski definition) is 2. The molecule has 1 aromatic rings. The van der Waals surface area contributed by atoms with Crippen molar-refractivity contribution in [3.8, 4) is 6.07 Å². The Kier molecular flexibility index (Phi) is 3.28. The minimum absolute atomic E-state index is 0.258. The first kappa shape index (κ1) is 11.5. The van der Waals surface area contributed by atoms with Gasteiger partial charge in [-0.25, -0.2) is 4.79 Å². The van der Waals surface area contributed by atoms with E-state index in [0.29, 0.717) is 11.4 Å². The molecule has 0 atom stereocenters. The van der Waals surface area contributed by atoms with Gasteiger partial charge in [0.25, 0.3) is 0 Å². The second-order valence-corrected chi connectivity index (χ2v) is 4.22. The highest BCUT2D eigenvalue weighted by Crippen LogP contribution is 2.18. The molecular weight excluding hydrogens is 218 g/mol. The third-order valence-corrected chi connectivity index (χ3v) is 2.98. The maximum absolute atomic E-state index is 11.7. The summed E-state index contributed by atoms with van der Waals surface area (Å²) in [5.41, 5.74) is 0.370. The van der Waals surface area contributed by atoms with Crippen molar-refractivity contribution in [1.82, 2.24) is 15.1 Å². The van der Waals surface area contributed by atoms with Crippen LogP contribution in [-0.4, -0.2) is 21.9 Å². The number of amides is 2. The van der Waals surface area contributed by atoms with E-state index >= 15 is 0 Å². The van der Waals surface area contributed by atoms with E-state index in [2.05, 4.69) is 15.7 Å². The first-order valence-electron chi connectivity index (χ1n) is 5.70. The number of carbonyl (C=O) groups is 1. The predicted octanol–water partition coefficient (Wildman–Crippen LogP) is 1.36. The molecule has 1 aromatic heterocycles. The van der Waals surface area contributed by atoms with Gasteiger partial charge in [0.15, 0.2) is 0 Å². The Hall–Kier alpha value is -2.03. The fourth-order valence-electron chi connectivity index (χ4n) is 2.07. The van der Waals surface area contributed by atoms with Crippen LogP contribution in [0.3, 0.4) is 0 Å². The molecule has 0 aliphatic heterocycles. The summed E-state index contributed by atoms with van der Waals surface area (Å²) in [6.45, 7) is 0. The number of hydrogen-bond acceptors (Lipinski definition) is 3. The van der Waals surface area contributed by atoms with E-state index in [4.69, 9.17) is 5.26 Å². The number of nitrogens with zero attached hydrogens (tertiary/aromatic N) is 3. The summed E-state index contributed by atoms with van der Waals surface area (Å²) in [7, 11) is 1.69. The van der Waals surface area contributed by atoms with E-state index < -0.39 is 0 Å². The molecule has 2 amide bonds. The SMILES string of the molecule is Cn1ncc(C#N)c1NC(=O)NC1CCCC1. The number of nitriles is 1. The molecule has 1 heterocycles. The minimum atomic E-state index is -0.267. The Morgan fingerprint density at radius 1 is 1.59 bits per heavy atom. The third-order valence-electron chi connectivity index (χ3n) is 2.98. The average molecular weight is 233 g/mol. The van der Waals surface area contributed by atoms with Crippen LogP contribution >= 0.6 is 0 Å². The highest BCUT2D eigenvalue weighted by molar-refractivity contribution is 5.89. The summed E-state index contributed by atoms with van der Waals surface area (Å²) in [4.78, 5) is 11.7. The zero-order valence-electron chi connectivity index (χ0n) is 9.73. The molecule has 90 valence electrons. The topological polar surface area (TPSA) is 82.7 Å². The molecule has 2 N–H and O–H groups in total. The number of rotatable bonds is 2. The zero-order valence-corrected chi connectivity index (χ0v) is 9.73. The highest BCUT2D eigenvalue weighted by atomic mass is 16.2. The molecule has 6 nitrogen and oxygen atoms in total. The van der Waals surface area contributed by atoms with Crippen molar-refractivity contribution in [2.24, 2.45) is 7.05 Å². The van der Waals surface area contributed by atoms with Crippen LogP contribution in [0.15, 0.2) is 6.20 Å². The van der Waals surface area contributed by atoms with Gasteiger partial charge in [-0.15, -0.1) is 0 Å². The minimum Gasteiger partial charge on any atom is -0.335 e. The molecule has 0 spiro atoms. The van der Waals surface area contributed by atoms with E-state index in [-0.39, 0.29) is 12.1 Å². The van der Waals surface area contributed by atoms with E-state index in [1.165, 1.54) is 23.7 Å². The van der Waals surface area contributed by atoms with Crippen molar-refractivity contribution in [3.05, 3.63) is 11.8 Å². The van der Waals surface area contributed by atoms with Gasteiger partial charge in [-0.1, -0.05) is 12.8 Å². The zero-order chi connectivity index (χ0) is 12.3. The maximum atomic E-state index is 11.7. The standard InChI is InChI=1S/C11H15N5O/c1-16-10(8(6-12)7-13-16)15-11(17)14-9-4-2-3-5-9/h7,9H,2-5H2,1H3,(H2,14,15,17). The van der Waals surface area contributed by atoms with E-state index in [1.807, 2.05) is 6.07 Å². The number of aryl methyl sites for hydroxylation is 1. The number of aromatic nitrogens is 2. The Morgan fingerprint density at radius 3 is 2.94 bits per heavy atom. The fourth-order valence-corrected chi connectivity index (χ4v) is 2.07. The van der Waals surface area contributed by atoms with Gasteiger partial charge < -0.3 is 5.32 Å². The van der Waals surface area contributed by atoms with Crippen molar-refractivity contribution < 1.29 is 4.79 Å². The lowest BCUT2D eigenvalue weighted by Crippen LogP contribution is -2.36. The second kappa shape index (κ2) is 4.87. The maximum Gasteiger partial charge on any atom is 0.320 e. The second-order valence-electron chi connectivity index (χ2n) is 4.22. The van der Waals surface area contributed by atoms with Crippen LogP contribution in [0.1, 0.15) is 31.2 Å². The lowest BCUT2D eigenvalue weighted by Gasteiger charge is -2.13. The third kappa shape index (κ3) is 2.56. The molecule has 0 saturated heterocycles. The summed E-state index contributed by atoms with van der Waals surface area (Å²) in [6, 6.07) is 1.98. The number of carbonyl (C=O) groups excluding carboxylic acids is 1. The van der Waals surface area contributed by atoms with Crippen LogP contribution in [0.2, 0.25) is 0 Å². The van der Waals surface area contributed by atoms with E-state index in [0.717, 1.165) is 12.8 Å². The van der Waals surface area contributed by atoms with Crippen molar-refractivity contribution in [3.63, 3.8) is 0 Å². The van der Waals surface area contributed by atoms with Gasteiger partial charge in [-0.05, 0) is 12.8 Å². The van der Waals surface area contributed by atoms with Crippen molar-refractivity contribution in [2.45, 2.75) is 31.7 Å². The normalized spacial score (nSPS) is 15.5. The number of urea groups is 1. The van der Waals surface area contributed by atoms with Gasteiger partial charge in [-0.3, -0.25) is 10.00 Å². The Balaban J connectivity index is 1.97. The van der Waals surface area contributed by atoms with Crippen molar-refractivity contribution in [1.29, 1.82) is 5.26 Å². The summed E-state index contributed by atoms with van der Waals surface area (Å²) in [5, 5.41) is 18.3. The van der Waals surface area contributed by atoms with E-state index in [9.17, 15) is 4.79 Å². The van der Waals surface area contributed by atoms with Gasteiger partial charge >= 0.3 is 6.03 Å². The number of nitrogens with one attached hydrogen (secondary N) is 2. The largest absolute Gasteiger partial charge is 0.335 e. The van der Waals surface area contributed by atoms with E-state index in [1.54, 1.807) is 7.05 Å². The molecule has 0 bridgehead atoms. The molecule has 1 aliphatic rings. The van der Waals surface area contributed by atoms with Crippen LogP contribution in [0.5, 0.6) is 0 Å². The van der Waals surface area contributed by atoms with Crippen LogP contribution in [-0.2, 0) is 7.05 Å². The van der Waals surface area contributed by atoms with Gasteiger partial charge in [0, 0.05) is 13.1 Å². The molecule has 17 heavy (non-hydrogen) atoms. The summed E-state index contributed by atoms with van der Waals surface area (Å²) in [5.74, 6) is 0.433. The molecule has 6 heteroatoms. The Bertz CT molecular complexity index is 453. The quantitative estimate of drug-likeness (QED) is 0.809. The van der Waals surface area contributed by atoms with Crippen molar-refractivity contribution >= 4 is 11.8 Å². The summed E-state index contributed by atoms with van der Waals surface area (Å²) < 4.78 is 1.48. The summed E-state index contributed by atoms with van der Waals surface area (Å²) >= 11 is 0. The highest BCUT2D eigenvalue weighted by Gasteiger charge is 2.18. The monoisotopic (exact) mass is 233 g/mol. The molecule has 0 aromatic carbocycles. The van der Waals surface area contributed by atoms with Crippen molar-refractivity contribution in [2.75, 3.05) is 5.32 Å². The molecule has 1 fully saturated rings. The molecule has 2 rings (SSSR count). The lowest BCUT2D eigenvalue weighted by molar-refractivity contribution is 0.248. The Labute approximate surface area is 99.6 Å².